The minimum atomic E-state index is 0.521. The predicted octanol–water partition coefficient (Wildman–Crippen LogP) is 5.62. The zero-order valence-corrected chi connectivity index (χ0v) is 17.7. The Morgan fingerprint density at radius 3 is 2.22 bits per heavy atom. The Labute approximate surface area is 185 Å². The number of nitrogens with one attached hydrogen (secondary N) is 1. The van der Waals surface area contributed by atoms with Crippen LogP contribution in [0.25, 0.3) is 34.1 Å². The van der Waals surface area contributed by atoms with Crippen molar-refractivity contribution >= 4 is 17.0 Å². The number of ether oxygens (including phenoxy) is 1. The SMILES string of the molecule is COc1ccccc1CCNc1nc(-c2ccccc2)nc2nc(-c3ccccc3)oc12. The van der Waals surface area contributed by atoms with Crippen molar-refractivity contribution in [1.29, 1.82) is 0 Å². The molecule has 0 aliphatic carbocycles. The van der Waals surface area contributed by atoms with Crippen LogP contribution in [-0.2, 0) is 6.42 Å². The molecule has 2 heterocycles. The highest BCUT2D eigenvalue weighted by Crippen LogP contribution is 2.29. The molecule has 0 atom stereocenters. The molecule has 6 heteroatoms. The molecule has 0 fully saturated rings. The van der Waals surface area contributed by atoms with Gasteiger partial charge in [0.05, 0.1) is 7.11 Å². The summed E-state index contributed by atoms with van der Waals surface area (Å²) >= 11 is 0. The van der Waals surface area contributed by atoms with Gasteiger partial charge in [0, 0.05) is 17.7 Å². The predicted molar refractivity (Wildman–Crippen MR) is 126 cm³/mol. The summed E-state index contributed by atoms with van der Waals surface area (Å²) < 4.78 is 11.6. The Morgan fingerprint density at radius 1 is 0.781 bits per heavy atom. The van der Waals surface area contributed by atoms with Crippen molar-refractivity contribution < 1.29 is 9.15 Å². The van der Waals surface area contributed by atoms with E-state index >= 15 is 0 Å². The van der Waals surface area contributed by atoms with Gasteiger partial charge in [0.15, 0.2) is 11.6 Å². The van der Waals surface area contributed by atoms with Crippen molar-refractivity contribution in [2.24, 2.45) is 0 Å². The highest BCUT2D eigenvalue weighted by Gasteiger charge is 2.17. The standard InChI is InChI=1S/C26H22N4O2/c1-31-21-15-9-8-10-18(21)16-17-27-24-22-25(29-23(28-24)19-11-4-2-5-12-19)30-26(32-22)20-13-6-3-7-14-20/h2-15H,16-17H2,1H3,(H,27,28,29). The fourth-order valence-electron chi connectivity index (χ4n) is 3.59. The first-order chi connectivity index (χ1) is 15.8. The number of hydrogen-bond acceptors (Lipinski definition) is 6. The van der Waals surface area contributed by atoms with Gasteiger partial charge in [-0.2, -0.15) is 4.98 Å². The fourth-order valence-corrected chi connectivity index (χ4v) is 3.59. The van der Waals surface area contributed by atoms with Gasteiger partial charge in [0.25, 0.3) is 0 Å². The number of para-hydroxylation sites is 1. The summed E-state index contributed by atoms with van der Waals surface area (Å²) in [5.41, 5.74) is 4.01. The van der Waals surface area contributed by atoms with E-state index in [4.69, 9.17) is 14.1 Å². The first-order valence-electron chi connectivity index (χ1n) is 10.5. The molecule has 5 rings (SSSR count). The molecule has 0 amide bonds. The van der Waals surface area contributed by atoms with E-state index in [9.17, 15) is 0 Å². The molecule has 3 aromatic carbocycles. The lowest BCUT2D eigenvalue weighted by atomic mass is 10.1. The number of nitrogens with zero attached hydrogens (tertiary/aromatic N) is 3. The van der Waals surface area contributed by atoms with Crippen molar-refractivity contribution in [3.63, 3.8) is 0 Å². The lowest BCUT2D eigenvalue weighted by molar-refractivity contribution is 0.410. The average molecular weight is 422 g/mol. The number of hydrogen-bond donors (Lipinski definition) is 1. The number of oxazole rings is 1. The van der Waals surface area contributed by atoms with Crippen LogP contribution >= 0.6 is 0 Å². The van der Waals surface area contributed by atoms with E-state index in [1.54, 1.807) is 7.11 Å². The molecule has 0 unspecified atom stereocenters. The largest absolute Gasteiger partial charge is 0.496 e. The van der Waals surface area contributed by atoms with Crippen LogP contribution in [0.2, 0.25) is 0 Å². The zero-order chi connectivity index (χ0) is 21.8. The minimum Gasteiger partial charge on any atom is -0.496 e. The normalized spacial score (nSPS) is 10.9. The summed E-state index contributed by atoms with van der Waals surface area (Å²) in [6, 6.07) is 27.7. The van der Waals surface area contributed by atoms with Crippen molar-refractivity contribution in [2.45, 2.75) is 6.42 Å². The van der Waals surface area contributed by atoms with E-state index in [0.29, 0.717) is 35.3 Å². The molecule has 2 aromatic heterocycles. The van der Waals surface area contributed by atoms with Crippen LogP contribution in [-0.4, -0.2) is 28.6 Å². The number of methoxy groups -OCH3 is 1. The highest BCUT2D eigenvalue weighted by molar-refractivity contribution is 5.84. The molecule has 1 N–H and O–H groups in total. The summed E-state index contributed by atoms with van der Waals surface area (Å²) in [4.78, 5) is 14.1. The molecule has 0 aliphatic heterocycles. The molecule has 0 aliphatic rings. The van der Waals surface area contributed by atoms with E-state index in [1.807, 2.05) is 78.9 Å². The summed E-state index contributed by atoms with van der Waals surface area (Å²) in [5, 5.41) is 3.42. The second-order valence-electron chi connectivity index (χ2n) is 7.29. The molecule has 0 spiro atoms. The summed E-state index contributed by atoms with van der Waals surface area (Å²) in [6.07, 6.45) is 0.774. The summed E-state index contributed by atoms with van der Waals surface area (Å²) in [6.45, 7) is 0.655. The lowest BCUT2D eigenvalue weighted by Crippen LogP contribution is -2.08. The molecular weight excluding hydrogens is 400 g/mol. The average Bonchev–Trinajstić information content (AvgIpc) is 3.30. The van der Waals surface area contributed by atoms with Crippen LogP contribution in [0.3, 0.4) is 0 Å². The van der Waals surface area contributed by atoms with E-state index in [-0.39, 0.29) is 0 Å². The molecule has 0 bridgehead atoms. The van der Waals surface area contributed by atoms with Gasteiger partial charge < -0.3 is 14.5 Å². The first-order valence-corrected chi connectivity index (χ1v) is 10.5. The number of anilines is 1. The van der Waals surface area contributed by atoms with Crippen LogP contribution in [0, 0.1) is 0 Å². The van der Waals surface area contributed by atoms with Crippen molar-refractivity contribution in [3.8, 4) is 28.6 Å². The van der Waals surface area contributed by atoms with Crippen molar-refractivity contribution in [1.82, 2.24) is 15.0 Å². The second kappa shape index (κ2) is 8.89. The first kappa shape index (κ1) is 19.8. The smallest absolute Gasteiger partial charge is 0.229 e. The topological polar surface area (TPSA) is 73.1 Å². The van der Waals surface area contributed by atoms with Crippen LogP contribution in [0.15, 0.2) is 89.3 Å². The second-order valence-corrected chi connectivity index (χ2v) is 7.29. The maximum atomic E-state index is 6.10. The molecule has 6 nitrogen and oxygen atoms in total. The maximum absolute atomic E-state index is 6.10. The highest BCUT2D eigenvalue weighted by atomic mass is 16.5. The molecule has 32 heavy (non-hydrogen) atoms. The van der Waals surface area contributed by atoms with Crippen LogP contribution < -0.4 is 10.1 Å². The van der Waals surface area contributed by atoms with E-state index in [1.165, 1.54) is 0 Å². The van der Waals surface area contributed by atoms with Crippen LogP contribution in [0.4, 0.5) is 5.82 Å². The van der Waals surface area contributed by atoms with Gasteiger partial charge in [-0.05, 0) is 30.2 Å². The van der Waals surface area contributed by atoms with Gasteiger partial charge in [-0.25, -0.2) is 9.97 Å². The summed E-state index contributed by atoms with van der Waals surface area (Å²) in [5.74, 6) is 2.62. The molecule has 0 saturated heterocycles. The summed E-state index contributed by atoms with van der Waals surface area (Å²) in [7, 11) is 1.69. The number of fused-ring (bicyclic) bond motifs is 1. The molecule has 158 valence electrons. The molecule has 0 saturated carbocycles. The maximum Gasteiger partial charge on any atom is 0.229 e. The third kappa shape index (κ3) is 4.03. The van der Waals surface area contributed by atoms with Crippen LogP contribution in [0.5, 0.6) is 5.75 Å². The monoisotopic (exact) mass is 422 g/mol. The number of rotatable bonds is 7. The van der Waals surface area contributed by atoms with E-state index in [2.05, 4.69) is 21.4 Å². The van der Waals surface area contributed by atoms with Gasteiger partial charge >= 0.3 is 0 Å². The minimum absolute atomic E-state index is 0.521. The Morgan fingerprint density at radius 2 is 1.47 bits per heavy atom. The molecule has 0 radical (unpaired) electrons. The lowest BCUT2D eigenvalue weighted by Gasteiger charge is -2.10. The fraction of sp³-hybridized carbons (Fsp3) is 0.115. The Bertz CT molecular complexity index is 1330. The van der Waals surface area contributed by atoms with Crippen LogP contribution in [0.1, 0.15) is 5.56 Å². The quantitative estimate of drug-likeness (QED) is 0.367. The van der Waals surface area contributed by atoms with Gasteiger partial charge in [-0.3, -0.25) is 0 Å². The molecular formula is C26H22N4O2. The Kier molecular flexibility index (Phi) is 5.49. The third-order valence-electron chi connectivity index (χ3n) is 5.19. The van der Waals surface area contributed by atoms with Gasteiger partial charge in [-0.15, -0.1) is 0 Å². The van der Waals surface area contributed by atoms with Gasteiger partial charge in [0.2, 0.25) is 17.1 Å². The van der Waals surface area contributed by atoms with Crippen molar-refractivity contribution in [2.75, 3.05) is 19.0 Å². The Hall–Kier alpha value is -4.19. The number of aromatic nitrogens is 3. The third-order valence-corrected chi connectivity index (χ3v) is 5.19. The number of benzene rings is 3. The van der Waals surface area contributed by atoms with Gasteiger partial charge in [0.1, 0.15) is 5.75 Å². The molecule has 5 aromatic rings. The van der Waals surface area contributed by atoms with E-state index < -0.39 is 0 Å². The van der Waals surface area contributed by atoms with Crippen molar-refractivity contribution in [3.05, 3.63) is 90.5 Å². The van der Waals surface area contributed by atoms with E-state index in [0.717, 1.165) is 28.9 Å². The van der Waals surface area contributed by atoms with Gasteiger partial charge in [-0.1, -0.05) is 66.7 Å². The zero-order valence-electron chi connectivity index (χ0n) is 17.7. The Balaban J connectivity index is 1.51.